The average Bonchev–Trinajstić information content (AvgIpc) is 2.40. The molecular weight excluding hydrogens is 1130 g/mol. The molecule has 0 saturated heterocycles. The van der Waals surface area contributed by atoms with Crippen LogP contribution in [-0.4, -0.2) is 132 Å². The molecule has 2 aliphatic rings. The van der Waals surface area contributed by atoms with Gasteiger partial charge in [0.15, 0.2) is 0 Å². The molecule has 0 radical (unpaired) electrons. The number of aromatic nitrogens is 4. The molecule has 2 bridgehead atoms. The third kappa shape index (κ3) is 18.0. The van der Waals surface area contributed by atoms with Gasteiger partial charge in [0.25, 0.3) is 0 Å². The number of halogens is 2. The lowest BCUT2D eigenvalue weighted by Crippen LogP contribution is -2.61. The van der Waals surface area contributed by atoms with Crippen LogP contribution in [-0.2, 0) is 86.6 Å². The van der Waals surface area contributed by atoms with E-state index in [2.05, 4.69) is 62.5 Å². The van der Waals surface area contributed by atoms with E-state index in [1.54, 1.807) is 24.3 Å². The highest BCUT2D eigenvalue weighted by atomic mass is 19.1. The van der Waals surface area contributed by atoms with E-state index >= 15 is 0 Å². The lowest BCUT2D eigenvalue weighted by molar-refractivity contribution is -0.141. The quantitative estimate of drug-likeness (QED) is 0.0817. The van der Waals surface area contributed by atoms with Crippen LogP contribution in [0.3, 0.4) is 0 Å². The maximum Gasteiger partial charge on any atom is 0.305 e. The first-order chi connectivity index (χ1) is 41.7. The van der Waals surface area contributed by atoms with Crippen molar-refractivity contribution >= 4 is 80.9 Å². The molecule has 5 heterocycles. The molecule has 0 aliphatic carbocycles. The first-order valence-electron chi connectivity index (χ1n) is 27.9. The van der Waals surface area contributed by atoms with Crippen LogP contribution in [0.2, 0.25) is 0 Å². The van der Waals surface area contributed by atoms with Crippen molar-refractivity contribution in [3.8, 4) is 5.75 Å². The highest BCUT2D eigenvalue weighted by molar-refractivity contribution is 5.99. The first kappa shape index (κ1) is 62.6. The minimum Gasteiger partial charge on any atom is -0.508 e. The maximum absolute atomic E-state index is 14.8. The van der Waals surface area contributed by atoms with Gasteiger partial charge >= 0.3 is 5.97 Å². The molecule has 0 spiro atoms. The minimum atomic E-state index is -2.00. The molecule has 6 atom stereocenters. The van der Waals surface area contributed by atoms with E-state index in [1.807, 2.05) is 0 Å². The van der Waals surface area contributed by atoms with Crippen LogP contribution in [0.1, 0.15) is 72.0 Å². The number of phenolic OH excluding ortho intramolecular Hbond substituents is 1. The number of amides is 9. The smallest absolute Gasteiger partial charge is 0.305 e. The molecule has 0 unspecified atom stereocenters. The van der Waals surface area contributed by atoms with Gasteiger partial charge in [-0.15, -0.1) is 0 Å². The van der Waals surface area contributed by atoms with Gasteiger partial charge in [-0.05, 0) is 89.2 Å². The number of aromatic hydroxyl groups is 1. The SMILES string of the molecule is NC(=O)[C@@H]1Cc2ccc(cc2)CNC(=O)CCCCCC(=O)NCC(=O)N[C@@H](Cc2c[nH]c3ccc(F)cc23)C(=O)N[C@@H](Cc2c[nH]c3ccc(F)cc23)C(=O)N[C@@H](CC(=O)O)C(=O)N[C@@H](Cc2cnc[nH]2)C(=O)N[C@@H](Cc2ccc(O)cc2)C(=O)N1. The fourth-order valence-corrected chi connectivity index (χ4v) is 9.95. The Morgan fingerprint density at radius 1 is 0.540 bits per heavy atom. The monoisotopic (exact) mass is 1200 g/mol. The fourth-order valence-electron chi connectivity index (χ4n) is 9.95. The molecule has 9 rings (SSSR count). The van der Waals surface area contributed by atoms with Crippen LogP contribution in [0, 0.1) is 11.6 Å². The van der Waals surface area contributed by atoms with Crippen LogP contribution in [0.25, 0.3) is 21.8 Å². The average molecular weight is 1200 g/mol. The number of benzene rings is 4. The third-order valence-corrected chi connectivity index (χ3v) is 14.6. The number of phenols is 1. The number of carbonyl (C=O) groups excluding carboxylic acids is 9. The summed E-state index contributed by atoms with van der Waals surface area (Å²) in [5.41, 5.74) is 9.29. The Kier molecular flexibility index (Phi) is 21.1. The Morgan fingerprint density at radius 2 is 1.03 bits per heavy atom. The van der Waals surface area contributed by atoms with Gasteiger partial charge in [0, 0.05) is 97.6 Å². The van der Waals surface area contributed by atoms with E-state index in [4.69, 9.17) is 5.73 Å². The lowest BCUT2D eigenvalue weighted by atomic mass is 10.0. The van der Waals surface area contributed by atoms with Crippen LogP contribution < -0.4 is 48.3 Å². The lowest BCUT2D eigenvalue weighted by Gasteiger charge is -2.27. The summed E-state index contributed by atoms with van der Waals surface area (Å²) in [4.78, 5) is 151. The number of nitrogens with two attached hydrogens (primary N) is 1. The highest BCUT2D eigenvalue weighted by Gasteiger charge is 2.36. The van der Waals surface area contributed by atoms with E-state index in [0.29, 0.717) is 57.9 Å². The molecular formula is C60H65F2N13O12. The highest BCUT2D eigenvalue weighted by Crippen LogP contribution is 2.24. The molecule has 2 aliphatic heterocycles. The van der Waals surface area contributed by atoms with E-state index in [-0.39, 0.29) is 73.4 Å². The van der Waals surface area contributed by atoms with Gasteiger partial charge in [0.05, 0.1) is 19.3 Å². The number of rotatable bonds is 11. The summed E-state index contributed by atoms with van der Waals surface area (Å²) in [5, 5.41) is 41.5. The Hall–Kier alpha value is -10.5. The van der Waals surface area contributed by atoms with Crippen molar-refractivity contribution in [3.05, 3.63) is 155 Å². The fraction of sp³-hybridized carbons (Fsp3) is 0.317. The summed E-state index contributed by atoms with van der Waals surface area (Å²) in [5.74, 6) is -10.9. The number of hydrogen-bond acceptors (Lipinski definition) is 12. The summed E-state index contributed by atoms with van der Waals surface area (Å²) in [6.45, 7) is -0.450. The molecule has 4 aromatic carbocycles. The molecule has 0 saturated carbocycles. The minimum absolute atomic E-state index is 0.0136. The molecule has 9 amide bonds. The molecule has 15 N–H and O–H groups in total. The van der Waals surface area contributed by atoms with Crippen molar-refractivity contribution in [1.29, 1.82) is 0 Å². The van der Waals surface area contributed by atoms with E-state index < -0.39 is 120 Å². The van der Waals surface area contributed by atoms with Crippen molar-refractivity contribution in [2.75, 3.05) is 6.54 Å². The number of aromatic amines is 3. The van der Waals surface area contributed by atoms with Gasteiger partial charge in [-0.2, -0.15) is 0 Å². The summed E-state index contributed by atoms with van der Waals surface area (Å²) in [6, 6.07) is 10.3. The molecule has 27 heteroatoms. The molecule has 456 valence electrons. The number of H-pyrrole nitrogens is 3. The van der Waals surface area contributed by atoms with Gasteiger partial charge < -0.3 is 73.4 Å². The predicted molar refractivity (Wildman–Crippen MR) is 309 cm³/mol. The topological polar surface area (TPSA) is 394 Å². The van der Waals surface area contributed by atoms with Crippen LogP contribution >= 0.6 is 0 Å². The zero-order valence-corrected chi connectivity index (χ0v) is 46.8. The molecule has 25 nitrogen and oxygen atoms in total. The standard InChI is InChI=1S/C60H65F2N13O12/c61-37-12-16-43-41(22-37)35(27-65-43)20-47-57(84)73-48(21-36-28-66-44-17-13-38(62)23-42(36)44)58(85)75-50(25-54(80)81)60(87)74-49(24-39-29-64-31-69-39)59(86)72-46(19-33-10-14-40(76)15-11-33)56(83)71-45(55(63)82)18-32-6-8-34(9-7-32)26-67-51(77)4-2-1-3-5-52(78)68-30-53(79)70-47/h6-17,22-23,27-29,31,45-50,65-66,76H,1-5,18-21,24-26,30H2,(H2,63,82)(H,64,69)(H,67,77)(H,68,78)(H,70,79)(H,71,83)(H,72,86)(H,73,84)(H,74,87)(H,75,85)(H,80,81)/t45-,46-,47-,48-,49-,50-/m0/s1. The second kappa shape index (κ2) is 29.4. The number of nitrogens with one attached hydrogen (secondary N) is 11. The zero-order chi connectivity index (χ0) is 62.1. The van der Waals surface area contributed by atoms with Crippen molar-refractivity contribution in [2.24, 2.45) is 5.73 Å². The summed E-state index contributed by atoms with van der Waals surface area (Å²) >= 11 is 0. The van der Waals surface area contributed by atoms with E-state index in [9.17, 15) is 66.9 Å². The van der Waals surface area contributed by atoms with Gasteiger partial charge in [0.1, 0.15) is 53.6 Å². The largest absolute Gasteiger partial charge is 0.508 e. The van der Waals surface area contributed by atoms with Crippen molar-refractivity contribution in [1.82, 2.24) is 62.5 Å². The van der Waals surface area contributed by atoms with Crippen molar-refractivity contribution in [2.45, 2.75) is 113 Å². The van der Waals surface area contributed by atoms with Crippen molar-refractivity contribution in [3.63, 3.8) is 0 Å². The van der Waals surface area contributed by atoms with E-state index in [0.717, 1.165) is 0 Å². The Morgan fingerprint density at radius 3 is 1.57 bits per heavy atom. The number of primary amides is 1. The Bertz CT molecular complexity index is 3650. The number of fused-ring (bicyclic) bond motifs is 33. The van der Waals surface area contributed by atoms with Gasteiger partial charge in [-0.25, -0.2) is 13.8 Å². The predicted octanol–water partition coefficient (Wildman–Crippen LogP) is 1.43. The Labute approximate surface area is 495 Å². The zero-order valence-electron chi connectivity index (χ0n) is 46.8. The number of carbonyl (C=O) groups is 10. The number of carboxylic acid groups (broad SMARTS) is 1. The molecule has 7 aromatic rings. The van der Waals surface area contributed by atoms with Crippen LogP contribution in [0.15, 0.2) is 110 Å². The normalized spacial score (nSPS) is 20.6. The maximum atomic E-state index is 14.8. The van der Waals surface area contributed by atoms with Gasteiger partial charge in [-0.1, -0.05) is 42.8 Å². The Balaban J connectivity index is 1.12. The molecule has 3 aromatic heterocycles. The van der Waals surface area contributed by atoms with E-state index in [1.165, 1.54) is 85.6 Å². The summed E-state index contributed by atoms with van der Waals surface area (Å²) in [6.07, 6.45) is 4.36. The first-order valence-corrected chi connectivity index (χ1v) is 27.9. The summed E-state index contributed by atoms with van der Waals surface area (Å²) < 4.78 is 29.4. The van der Waals surface area contributed by atoms with Crippen molar-refractivity contribution < 1.29 is 66.9 Å². The van der Waals surface area contributed by atoms with Crippen LogP contribution in [0.4, 0.5) is 8.78 Å². The molecule has 87 heavy (non-hydrogen) atoms. The number of nitrogens with zero attached hydrogens (tertiary/aromatic N) is 1. The number of carboxylic acids is 1. The van der Waals surface area contributed by atoms with Gasteiger partial charge in [0.2, 0.25) is 53.2 Å². The van der Waals surface area contributed by atoms with Gasteiger partial charge in [-0.3, -0.25) is 47.9 Å². The number of hydrogen-bond donors (Lipinski definition) is 14. The van der Waals surface area contributed by atoms with Crippen LogP contribution in [0.5, 0.6) is 5.75 Å². The second-order valence-electron chi connectivity index (χ2n) is 21.1. The number of aliphatic carboxylic acids is 1. The summed E-state index contributed by atoms with van der Waals surface area (Å²) in [7, 11) is 0. The molecule has 0 fully saturated rings. The second-order valence-corrected chi connectivity index (χ2v) is 21.1. The number of imidazole rings is 1. The third-order valence-electron chi connectivity index (χ3n) is 14.6.